The van der Waals surface area contributed by atoms with Crippen molar-refractivity contribution >= 4 is 35.5 Å². The third-order valence-corrected chi connectivity index (χ3v) is 13.4. The third-order valence-electron chi connectivity index (χ3n) is 13.4. The Balaban J connectivity index is 1.73. The van der Waals surface area contributed by atoms with E-state index in [-0.39, 0.29) is 67.9 Å². The molecule has 2 fully saturated rings. The zero-order valence-electron chi connectivity index (χ0n) is 41.8. The molecule has 0 spiro atoms. The molecule has 20 heteroatoms. The van der Waals surface area contributed by atoms with Gasteiger partial charge in [-0.3, -0.25) is 24.0 Å². The number of carbonyl (C=O) groups excluding carboxylic acids is 5. The van der Waals surface area contributed by atoms with E-state index < -0.39 is 96.8 Å². The summed E-state index contributed by atoms with van der Waals surface area (Å²) in [5, 5.41) is 51.2. The number of likely N-dealkylation sites (N-methyl/N-ethyl adjacent to an activating group) is 2. The van der Waals surface area contributed by atoms with Gasteiger partial charge in [0.2, 0.25) is 29.5 Å². The summed E-state index contributed by atoms with van der Waals surface area (Å²) in [6.45, 7) is 13.6. The summed E-state index contributed by atoms with van der Waals surface area (Å²) in [6, 6.07) is 5.78. The van der Waals surface area contributed by atoms with Gasteiger partial charge in [-0.15, -0.1) is 0 Å². The number of nitrogens with one attached hydrogen (secondary N) is 4. The Bertz CT molecular complexity index is 1770. The van der Waals surface area contributed by atoms with Crippen LogP contribution in [0.2, 0.25) is 0 Å². The van der Waals surface area contributed by atoms with Crippen LogP contribution < -0.4 is 21.3 Å². The molecule has 1 aromatic carbocycles. The second-order valence-corrected chi connectivity index (χ2v) is 18.8. The number of ether oxygens (including phenoxy) is 4. The van der Waals surface area contributed by atoms with Crippen molar-refractivity contribution in [3.63, 3.8) is 0 Å². The number of aliphatic hydroxyl groups is 3. The van der Waals surface area contributed by atoms with E-state index >= 15 is 0 Å². The van der Waals surface area contributed by atoms with Crippen molar-refractivity contribution in [2.45, 2.75) is 160 Å². The second kappa shape index (κ2) is 27.8. The monoisotopic (exact) mass is 965 g/mol. The average Bonchev–Trinajstić information content (AvgIpc) is 3.79. The molecule has 2 saturated heterocycles. The Morgan fingerprint density at radius 2 is 1.51 bits per heavy atom. The number of amides is 5. The minimum atomic E-state index is -1.86. The van der Waals surface area contributed by atoms with Crippen molar-refractivity contribution in [1.29, 1.82) is 0 Å². The summed E-state index contributed by atoms with van der Waals surface area (Å²) in [7, 11) is 6.39. The van der Waals surface area contributed by atoms with Crippen LogP contribution in [-0.2, 0) is 54.1 Å². The lowest BCUT2D eigenvalue weighted by Crippen LogP contribution is -2.60. The standard InChI is InChI=1S/C48H80N6O14/c1-12-28(6)37(53(9)46(62)36(27(4)5)52-45(61)35(49-8)26(2)3)33(65-10)25-34(55)54-22-16-20-32(54)41(66-11)29(7)43(59)51-31(24-30-18-14-13-15-19-30)44(60)50-21-17-23-67-48-40(58)38(56)39(57)42(68-48)47(63)64/h13-15,18-19,26-29,31-33,35-42,48-49,56-58H,12,16-17,20-25H2,1-11H3,(H,50,60)(H,51,59)(H,52,61)(H,63,64)/t28-,29+,31?,32-,33+,35-,36?,37-,38-,39-,40+,41+,42-,48+/m0/s1. The molecule has 8 N–H and O–H groups in total. The van der Waals surface area contributed by atoms with E-state index in [0.29, 0.717) is 25.8 Å². The number of hydrogen-bond acceptors (Lipinski definition) is 14. The smallest absolute Gasteiger partial charge is 0.335 e. The Morgan fingerprint density at radius 3 is 2.07 bits per heavy atom. The topological polar surface area (TPSA) is 275 Å². The van der Waals surface area contributed by atoms with E-state index in [0.717, 1.165) is 5.56 Å². The first-order valence-electron chi connectivity index (χ1n) is 23.9. The summed E-state index contributed by atoms with van der Waals surface area (Å²) in [5.41, 5.74) is 0.783. The molecule has 1 aromatic rings. The van der Waals surface area contributed by atoms with Gasteiger partial charge in [0.25, 0.3) is 0 Å². The van der Waals surface area contributed by atoms with Crippen LogP contribution in [0.25, 0.3) is 0 Å². The number of carbonyl (C=O) groups is 6. The minimum absolute atomic E-state index is 0.00841. The number of likely N-dealkylation sites (tertiary alicyclic amines) is 1. The number of aliphatic hydroxyl groups excluding tert-OH is 3. The van der Waals surface area contributed by atoms with Gasteiger partial charge in [-0.05, 0) is 49.6 Å². The van der Waals surface area contributed by atoms with E-state index in [9.17, 15) is 49.2 Å². The molecule has 2 aliphatic rings. The molecule has 2 unspecified atom stereocenters. The molecule has 386 valence electrons. The molecular formula is C48H80N6O14. The van der Waals surface area contributed by atoms with Gasteiger partial charge in [-0.25, -0.2) is 4.79 Å². The van der Waals surface area contributed by atoms with Crippen LogP contribution >= 0.6 is 0 Å². The lowest BCUT2D eigenvalue weighted by atomic mass is 9.89. The maximum Gasteiger partial charge on any atom is 0.335 e. The number of benzene rings is 1. The van der Waals surface area contributed by atoms with E-state index in [1.807, 2.05) is 71.9 Å². The molecule has 2 aliphatic heterocycles. The van der Waals surface area contributed by atoms with Gasteiger partial charge in [0.1, 0.15) is 30.4 Å². The largest absolute Gasteiger partial charge is 0.479 e. The van der Waals surface area contributed by atoms with E-state index in [1.165, 1.54) is 14.2 Å². The van der Waals surface area contributed by atoms with Crippen molar-refractivity contribution in [3.8, 4) is 0 Å². The Hall–Kier alpha value is -4.28. The van der Waals surface area contributed by atoms with E-state index in [2.05, 4.69) is 21.3 Å². The van der Waals surface area contributed by atoms with Crippen LogP contribution in [0.5, 0.6) is 0 Å². The van der Waals surface area contributed by atoms with Gasteiger partial charge >= 0.3 is 5.97 Å². The number of nitrogens with zero attached hydrogens (tertiary/aromatic N) is 2. The summed E-state index contributed by atoms with van der Waals surface area (Å²) in [4.78, 5) is 84.5. The number of aliphatic carboxylic acids is 1. The molecule has 0 aromatic heterocycles. The molecule has 68 heavy (non-hydrogen) atoms. The lowest BCUT2D eigenvalue weighted by molar-refractivity contribution is -0.294. The van der Waals surface area contributed by atoms with Crippen molar-refractivity contribution in [1.82, 2.24) is 31.1 Å². The maximum absolute atomic E-state index is 14.4. The molecule has 2 heterocycles. The van der Waals surface area contributed by atoms with Crippen LogP contribution in [0.1, 0.15) is 86.1 Å². The fourth-order valence-corrected chi connectivity index (χ4v) is 9.21. The van der Waals surface area contributed by atoms with Gasteiger partial charge in [0.15, 0.2) is 12.4 Å². The van der Waals surface area contributed by atoms with Gasteiger partial charge in [-0.2, -0.15) is 0 Å². The first-order chi connectivity index (χ1) is 32.1. The Labute approximate surface area is 401 Å². The van der Waals surface area contributed by atoms with Crippen LogP contribution in [0.4, 0.5) is 0 Å². The second-order valence-electron chi connectivity index (χ2n) is 18.8. The summed E-state index contributed by atoms with van der Waals surface area (Å²) < 4.78 is 22.6. The quantitative estimate of drug-likeness (QED) is 0.0556. The van der Waals surface area contributed by atoms with Crippen molar-refractivity contribution in [2.24, 2.45) is 23.7 Å². The van der Waals surface area contributed by atoms with Gasteiger partial charge < -0.3 is 70.4 Å². The molecule has 5 amide bonds. The molecule has 0 aliphatic carbocycles. The highest BCUT2D eigenvalue weighted by Crippen LogP contribution is 2.30. The van der Waals surface area contributed by atoms with Gasteiger partial charge in [0, 0.05) is 40.8 Å². The predicted octanol–water partition coefficient (Wildman–Crippen LogP) is 0.434. The highest BCUT2D eigenvalue weighted by molar-refractivity contribution is 5.91. The van der Waals surface area contributed by atoms with Crippen LogP contribution in [0, 0.1) is 23.7 Å². The van der Waals surface area contributed by atoms with Gasteiger partial charge in [-0.1, -0.05) is 85.2 Å². The highest BCUT2D eigenvalue weighted by Gasteiger charge is 2.48. The van der Waals surface area contributed by atoms with Crippen molar-refractivity contribution in [3.05, 3.63) is 35.9 Å². The summed E-state index contributed by atoms with van der Waals surface area (Å²) in [5.74, 6) is -4.44. The maximum atomic E-state index is 14.4. The first kappa shape index (κ1) is 58.0. The van der Waals surface area contributed by atoms with E-state index in [1.54, 1.807) is 30.8 Å². The van der Waals surface area contributed by atoms with Crippen LogP contribution in [-0.4, -0.2) is 187 Å². The highest BCUT2D eigenvalue weighted by atomic mass is 16.7. The zero-order valence-corrected chi connectivity index (χ0v) is 41.8. The molecular weight excluding hydrogens is 885 g/mol. The minimum Gasteiger partial charge on any atom is -0.479 e. The summed E-state index contributed by atoms with van der Waals surface area (Å²) >= 11 is 0. The number of methoxy groups -OCH3 is 2. The summed E-state index contributed by atoms with van der Waals surface area (Å²) in [6.07, 6.45) is -8.04. The number of carboxylic acids is 1. The lowest BCUT2D eigenvalue weighted by Gasteiger charge is -2.41. The number of carboxylic acid groups (broad SMARTS) is 1. The van der Waals surface area contributed by atoms with Crippen LogP contribution in [0.15, 0.2) is 30.3 Å². The number of rotatable bonds is 27. The zero-order chi connectivity index (χ0) is 51.0. The fourth-order valence-electron chi connectivity index (χ4n) is 9.21. The Kier molecular flexibility index (Phi) is 23.7. The average molecular weight is 965 g/mol. The molecule has 0 bridgehead atoms. The van der Waals surface area contributed by atoms with Gasteiger partial charge in [0.05, 0.1) is 49.3 Å². The van der Waals surface area contributed by atoms with Crippen LogP contribution in [0.3, 0.4) is 0 Å². The van der Waals surface area contributed by atoms with Crippen molar-refractivity contribution < 1.29 is 68.1 Å². The van der Waals surface area contributed by atoms with E-state index in [4.69, 9.17) is 18.9 Å². The predicted molar refractivity (Wildman–Crippen MR) is 251 cm³/mol. The fraction of sp³-hybridized carbons (Fsp3) is 0.750. The first-order valence-corrected chi connectivity index (χ1v) is 23.9. The molecule has 0 saturated carbocycles. The molecule has 3 rings (SSSR count). The number of hydrogen-bond donors (Lipinski definition) is 8. The Morgan fingerprint density at radius 1 is 0.868 bits per heavy atom. The molecule has 14 atom stereocenters. The molecule has 20 nitrogen and oxygen atoms in total. The SMILES string of the molecule is CC[C@H](C)[C@@H]([C@@H](CC(=O)N1CCC[C@H]1[C@H](OC)[C@@H](C)C(=O)NC(Cc1ccccc1)C(=O)NCCCO[C@@H]1O[C@H](C(=O)O)[C@@H](O)[C@H](O)[C@H]1O)OC)N(C)C(=O)C(NC(=O)[C@@H](NC)C(C)C)C(C)C. The third kappa shape index (κ3) is 15.4. The molecule has 0 radical (unpaired) electrons. The normalized spacial score (nSPS) is 24.3. The van der Waals surface area contributed by atoms with Crippen molar-refractivity contribution in [2.75, 3.05) is 48.0 Å².